The first-order chi connectivity index (χ1) is 13.5. The molecule has 6 atom stereocenters. The molecule has 3 fully saturated rings. The zero-order chi connectivity index (χ0) is 19.8. The Hall–Kier alpha value is -2.50. The van der Waals surface area contributed by atoms with Crippen LogP contribution in [0.5, 0.6) is 0 Å². The van der Waals surface area contributed by atoms with Crippen LogP contribution in [0, 0.1) is 23.7 Å². The third-order valence-electron chi connectivity index (χ3n) is 6.78. The van der Waals surface area contributed by atoms with Gasteiger partial charge in [0.05, 0.1) is 23.7 Å². The molecule has 3 saturated carbocycles. The molecule has 1 aromatic rings. The fraction of sp³-hybridized carbons (Fsp3) is 0.545. The lowest BCUT2D eigenvalue weighted by molar-refractivity contribution is -0.158. The van der Waals surface area contributed by atoms with E-state index >= 15 is 0 Å². The van der Waals surface area contributed by atoms with Crippen LogP contribution in [0.2, 0.25) is 0 Å². The van der Waals surface area contributed by atoms with Gasteiger partial charge in [-0.25, -0.2) is 9.59 Å². The van der Waals surface area contributed by atoms with E-state index in [1.165, 1.54) is 31.8 Å². The van der Waals surface area contributed by atoms with Gasteiger partial charge in [-0.15, -0.1) is 0 Å². The number of carbonyl (C=O) groups is 2. The summed E-state index contributed by atoms with van der Waals surface area (Å²) >= 11 is 0. The van der Waals surface area contributed by atoms with E-state index in [4.69, 9.17) is 13.9 Å². The smallest absolute Gasteiger partial charge is 0.341 e. The normalized spacial score (nSPS) is 34.0. The van der Waals surface area contributed by atoms with Crippen molar-refractivity contribution in [2.75, 3.05) is 0 Å². The molecule has 0 spiro atoms. The minimum atomic E-state index is -0.633. The highest BCUT2D eigenvalue weighted by molar-refractivity contribution is 5.93. The molecule has 150 valence electrons. The van der Waals surface area contributed by atoms with Crippen LogP contribution in [-0.2, 0) is 14.3 Å². The van der Waals surface area contributed by atoms with Gasteiger partial charge >= 0.3 is 11.9 Å². The van der Waals surface area contributed by atoms with Crippen molar-refractivity contribution >= 4 is 11.9 Å². The molecular formula is C22H26O6. The molecule has 0 saturated heterocycles. The number of rotatable bonds is 5. The van der Waals surface area contributed by atoms with Gasteiger partial charge in [-0.1, -0.05) is 6.58 Å². The van der Waals surface area contributed by atoms with E-state index in [1.54, 1.807) is 13.0 Å². The van der Waals surface area contributed by atoms with Gasteiger partial charge in [0.25, 0.3) is 0 Å². The minimum Gasteiger partial charge on any atom is -0.515 e. The summed E-state index contributed by atoms with van der Waals surface area (Å²) in [4.78, 5) is 25.0. The maximum Gasteiger partial charge on any atom is 0.341 e. The van der Waals surface area contributed by atoms with Gasteiger partial charge < -0.3 is 19.0 Å². The van der Waals surface area contributed by atoms with E-state index in [-0.39, 0.29) is 5.57 Å². The summed E-state index contributed by atoms with van der Waals surface area (Å²) in [5.41, 5.74) is 0.807. The molecule has 3 aliphatic rings. The predicted octanol–water partition coefficient (Wildman–Crippen LogP) is 4.19. The van der Waals surface area contributed by atoms with E-state index in [1.807, 2.05) is 0 Å². The second-order valence-electron chi connectivity index (χ2n) is 8.35. The fourth-order valence-electron chi connectivity index (χ4n) is 5.48. The number of fused-ring (bicyclic) bond motifs is 5. The molecule has 3 aliphatic carbocycles. The van der Waals surface area contributed by atoms with Gasteiger partial charge in [0.15, 0.2) is 0 Å². The molecule has 28 heavy (non-hydrogen) atoms. The van der Waals surface area contributed by atoms with Crippen molar-refractivity contribution in [1.82, 2.24) is 0 Å². The second kappa shape index (κ2) is 7.49. The predicted molar refractivity (Wildman–Crippen MR) is 100 cm³/mol. The highest BCUT2D eigenvalue weighted by Gasteiger charge is 2.53. The molecule has 4 rings (SSSR count). The standard InChI is InChI=1S/C22H26O6/c1-12(2)18(10-23)22(25)28-20-9-17-14-4-3-13(7-14)16(17)8-19(20)27-21(24)15-5-6-26-11-15/h5-6,10-11,13-14,16-17,19-20,23H,1,3-4,7-9H2,2H3/b18-10+. The number of aliphatic hydroxyl groups is 1. The Morgan fingerprint density at radius 1 is 1.14 bits per heavy atom. The summed E-state index contributed by atoms with van der Waals surface area (Å²) in [5.74, 6) is 1.28. The summed E-state index contributed by atoms with van der Waals surface area (Å²) < 4.78 is 16.4. The van der Waals surface area contributed by atoms with E-state index < -0.39 is 24.1 Å². The Labute approximate surface area is 164 Å². The summed E-state index contributed by atoms with van der Waals surface area (Å²) in [7, 11) is 0. The van der Waals surface area contributed by atoms with Gasteiger partial charge in [0.1, 0.15) is 18.5 Å². The van der Waals surface area contributed by atoms with Gasteiger partial charge in [-0.2, -0.15) is 0 Å². The minimum absolute atomic E-state index is 0.0370. The van der Waals surface area contributed by atoms with Crippen LogP contribution in [0.1, 0.15) is 49.4 Å². The average molecular weight is 386 g/mol. The van der Waals surface area contributed by atoms with E-state index in [2.05, 4.69) is 6.58 Å². The summed E-state index contributed by atoms with van der Waals surface area (Å²) in [6, 6.07) is 1.56. The van der Waals surface area contributed by atoms with Crippen LogP contribution in [0.25, 0.3) is 0 Å². The fourth-order valence-corrected chi connectivity index (χ4v) is 5.48. The Bertz CT molecular complexity index is 792. The van der Waals surface area contributed by atoms with Gasteiger partial charge in [0.2, 0.25) is 0 Å². The molecule has 1 N–H and O–H groups in total. The number of hydrogen-bond donors (Lipinski definition) is 1. The summed E-state index contributed by atoms with van der Waals surface area (Å²) in [6.45, 7) is 5.33. The maximum atomic E-state index is 12.5. The van der Waals surface area contributed by atoms with Crippen LogP contribution in [0.3, 0.4) is 0 Å². The van der Waals surface area contributed by atoms with E-state index in [0.717, 1.165) is 6.26 Å². The lowest BCUT2D eigenvalue weighted by Crippen LogP contribution is -2.46. The van der Waals surface area contributed by atoms with Crippen molar-refractivity contribution in [2.24, 2.45) is 23.7 Å². The van der Waals surface area contributed by atoms with Crippen molar-refractivity contribution in [1.29, 1.82) is 0 Å². The van der Waals surface area contributed by atoms with Crippen LogP contribution < -0.4 is 0 Å². The zero-order valence-electron chi connectivity index (χ0n) is 16.0. The quantitative estimate of drug-likeness (QED) is 0.353. The first-order valence-electron chi connectivity index (χ1n) is 9.92. The highest BCUT2D eigenvalue weighted by Crippen LogP contribution is 2.58. The lowest BCUT2D eigenvalue weighted by atomic mass is 9.69. The van der Waals surface area contributed by atoms with E-state index in [9.17, 15) is 14.7 Å². The van der Waals surface area contributed by atoms with Crippen LogP contribution in [0.15, 0.2) is 47.0 Å². The van der Waals surface area contributed by atoms with Crippen molar-refractivity contribution in [3.05, 3.63) is 48.1 Å². The summed E-state index contributed by atoms with van der Waals surface area (Å²) in [6.07, 6.45) is 7.56. The molecular weight excluding hydrogens is 360 g/mol. The molecule has 0 aromatic carbocycles. The van der Waals surface area contributed by atoms with Crippen molar-refractivity contribution < 1.29 is 28.6 Å². The molecule has 1 heterocycles. The first-order valence-corrected chi connectivity index (χ1v) is 9.92. The number of ether oxygens (including phenoxy) is 2. The number of hydrogen-bond acceptors (Lipinski definition) is 6. The third kappa shape index (κ3) is 3.36. The van der Waals surface area contributed by atoms with Crippen LogP contribution in [0.4, 0.5) is 0 Å². The van der Waals surface area contributed by atoms with Crippen LogP contribution in [-0.4, -0.2) is 29.3 Å². The second-order valence-corrected chi connectivity index (χ2v) is 8.35. The van der Waals surface area contributed by atoms with Crippen LogP contribution >= 0.6 is 0 Å². The van der Waals surface area contributed by atoms with Crippen molar-refractivity contribution in [3.63, 3.8) is 0 Å². The number of esters is 2. The largest absolute Gasteiger partial charge is 0.515 e. The van der Waals surface area contributed by atoms with Gasteiger partial charge in [-0.05, 0) is 74.3 Å². The van der Waals surface area contributed by atoms with Gasteiger partial charge in [0, 0.05) is 0 Å². The first kappa shape index (κ1) is 18.8. The molecule has 1 aromatic heterocycles. The Morgan fingerprint density at radius 2 is 1.79 bits per heavy atom. The third-order valence-corrected chi connectivity index (χ3v) is 6.78. The Balaban J connectivity index is 1.52. The number of furan rings is 1. The maximum absolute atomic E-state index is 12.5. The zero-order valence-corrected chi connectivity index (χ0v) is 16.0. The highest BCUT2D eigenvalue weighted by atomic mass is 16.6. The average Bonchev–Trinajstić information content (AvgIpc) is 3.40. The topological polar surface area (TPSA) is 86.0 Å². The molecule has 6 nitrogen and oxygen atoms in total. The molecule has 6 unspecified atom stereocenters. The van der Waals surface area contributed by atoms with E-state index in [0.29, 0.717) is 47.6 Å². The molecule has 0 radical (unpaired) electrons. The van der Waals surface area contributed by atoms with Gasteiger partial charge in [-0.3, -0.25) is 0 Å². The molecule has 0 amide bonds. The molecule has 2 bridgehead atoms. The monoisotopic (exact) mass is 386 g/mol. The number of aliphatic hydroxyl groups excluding tert-OH is 1. The lowest BCUT2D eigenvalue weighted by Gasteiger charge is -2.42. The van der Waals surface area contributed by atoms with Crippen molar-refractivity contribution in [3.8, 4) is 0 Å². The summed E-state index contributed by atoms with van der Waals surface area (Å²) in [5, 5.41) is 9.35. The Kier molecular flexibility index (Phi) is 5.04. The number of carbonyl (C=O) groups excluding carboxylic acids is 2. The Morgan fingerprint density at radius 3 is 2.32 bits per heavy atom. The van der Waals surface area contributed by atoms with Crippen molar-refractivity contribution in [2.45, 2.75) is 51.2 Å². The molecule has 0 aliphatic heterocycles. The molecule has 6 heteroatoms. The SMILES string of the molecule is C=C(C)/C(=C\O)C(=O)OC1CC2C3CCC(C3)C2CC1OC(=O)c1ccoc1.